The highest BCUT2D eigenvalue weighted by atomic mass is 19.3. The Labute approximate surface area is 215 Å². The van der Waals surface area contributed by atoms with Crippen LogP contribution in [0.4, 0.5) is 35.1 Å². The minimum Gasteiger partial charge on any atom is -0.422 e. The van der Waals surface area contributed by atoms with Gasteiger partial charge in [0.05, 0.1) is 18.8 Å². The monoisotopic (exact) mass is 552 g/mol. The van der Waals surface area contributed by atoms with Crippen molar-refractivity contribution in [3.8, 4) is 16.9 Å². The topological polar surface area (TPSA) is 27.7 Å². The van der Waals surface area contributed by atoms with Gasteiger partial charge < -0.3 is 14.2 Å². The summed E-state index contributed by atoms with van der Waals surface area (Å²) >= 11 is 0. The molecule has 0 aromatic heterocycles. The van der Waals surface area contributed by atoms with Crippen molar-refractivity contribution in [2.75, 3.05) is 13.2 Å². The van der Waals surface area contributed by atoms with Crippen LogP contribution in [-0.4, -0.2) is 32.0 Å². The molecule has 0 amide bonds. The molecule has 1 saturated heterocycles. The van der Waals surface area contributed by atoms with E-state index >= 15 is 0 Å². The molecule has 1 aliphatic heterocycles. The molecule has 2 aliphatic rings. The van der Waals surface area contributed by atoms with Crippen LogP contribution in [-0.2, 0) is 9.47 Å². The Kier molecular flexibility index (Phi) is 8.86. The van der Waals surface area contributed by atoms with Crippen molar-refractivity contribution in [3.05, 3.63) is 53.1 Å². The van der Waals surface area contributed by atoms with Gasteiger partial charge in [0.25, 0.3) is 0 Å². The third-order valence-corrected chi connectivity index (χ3v) is 7.16. The van der Waals surface area contributed by atoms with Crippen molar-refractivity contribution in [1.82, 2.24) is 0 Å². The minimum absolute atomic E-state index is 0.151. The molecule has 2 aromatic rings. The van der Waals surface area contributed by atoms with Gasteiger partial charge in [-0.1, -0.05) is 13.3 Å². The van der Waals surface area contributed by atoms with Crippen molar-refractivity contribution in [1.29, 1.82) is 0 Å². The predicted molar refractivity (Wildman–Crippen MR) is 122 cm³/mol. The number of benzene rings is 2. The molecule has 0 unspecified atom stereocenters. The first kappa shape index (κ1) is 28.6. The summed E-state index contributed by atoms with van der Waals surface area (Å²) < 4.78 is 125. The second kappa shape index (κ2) is 11.8. The van der Waals surface area contributed by atoms with Crippen LogP contribution in [0.2, 0.25) is 0 Å². The lowest BCUT2D eigenvalue weighted by molar-refractivity contribution is -0.255. The highest BCUT2D eigenvalue weighted by molar-refractivity contribution is 5.66. The van der Waals surface area contributed by atoms with Crippen LogP contribution >= 0.6 is 0 Å². The number of rotatable bonds is 8. The largest absolute Gasteiger partial charge is 0.461 e. The fourth-order valence-electron chi connectivity index (χ4n) is 5.22. The van der Waals surface area contributed by atoms with E-state index < -0.39 is 52.7 Å². The summed E-state index contributed by atoms with van der Waals surface area (Å²) in [5.74, 6) is -7.19. The molecule has 2 fully saturated rings. The molecule has 1 aliphatic carbocycles. The summed E-state index contributed by atoms with van der Waals surface area (Å²) in [7, 11) is 0. The molecular weight excluding hydrogens is 524 g/mol. The third kappa shape index (κ3) is 6.25. The lowest BCUT2D eigenvalue weighted by atomic mass is 9.78. The summed E-state index contributed by atoms with van der Waals surface area (Å²) in [5.41, 5.74) is -1.03. The highest BCUT2D eigenvalue weighted by Crippen LogP contribution is 2.41. The van der Waals surface area contributed by atoms with Gasteiger partial charge in [-0.05, 0) is 73.4 Å². The van der Waals surface area contributed by atoms with Gasteiger partial charge in [0.2, 0.25) is 0 Å². The Morgan fingerprint density at radius 2 is 1.42 bits per heavy atom. The molecule has 3 nitrogen and oxygen atoms in total. The Morgan fingerprint density at radius 1 is 0.868 bits per heavy atom. The zero-order valence-electron chi connectivity index (χ0n) is 20.6. The maximum Gasteiger partial charge on any atom is 0.461 e. The molecule has 1 heterocycles. The van der Waals surface area contributed by atoms with Gasteiger partial charge >= 0.3 is 12.5 Å². The van der Waals surface area contributed by atoms with Gasteiger partial charge in [-0.3, -0.25) is 0 Å². The second-order valence-corrected chi connectivity index (χ2v) is 9.89. The smallest absolute Gasteiger partial charge is 0.422 e. The maximum absolute atomic E-state index is 15.0. The second-order valence-electron chi connectivity index (χ2n) is 9.89. The Balaban J connectivity index is 1.45. The molecule has 1 saturated carbocycles. The SMILES string of the molecule is CCCC1COC(C2CCC(c3cc(F)c(-c4cc(F)c(OC(F)(F)C(F)F)c(F)c4)c(F)c3)CC2)OC1. The summed E-state index contributed by atoms with van der Waals surface area (Å²) in [6, 6.07) is 2.86. The number of ether oxygens (including phenoxy) is 3. The van der Waals surface area contributed by atoms with Crippen molar-refractivity contribution >= 4 is 0 Å². The van der Waals surface area contributed by atoms with Crippen molar-refractivity contribution < 1.29 is 49.3 Å². The Hall–Kier alpha value is -2.40. The maximum atomic E-state index is 15.0. The average Bonchev–Trinajstić information content (AvgIpc) is 2.86. The van der Waals surface area contributed by atoms with Crippen molar-refractivity contribution in [3.63, 3.8) is 0 Å². The van der Waals surface area contributed by atoms with Crippen LogP contribution in [0, 0.1) is 35.1 Å². The van der Waals surface area contributed by atoms with Crippen LogP contribution in [0.5, 0.6) is 5.75 Å². The standard InChI is InChI=1S/C27H28F8O3/c1-2-3-14-12-36-25(37-13-14)16-6-4-15(5-7-16)17-8-19(28)23(20(29)9-17)18-10-21(30)24(22(31)11-18)38-27(34,35)26(32)33/h8-11,14-16,25-26H,2-7,12-13H2,1H3. The molecule has 0 atom stereocenters. The van der Waals surface area contributed by atoms with Crippen LogP contribution < -0.4 is 4.74 Å². The van der Waals surface area contributed by atoms with E-state index in [0.717, 1.165) is 37.8 Å². The quantitative estimate of drug-likeness (QED) is 0.309. The molecule has 0 spiro atoms. The molecule has 4 rings (SSSR count). The van der Waals surface area contributed by atoms with Gasteiger partial charge in [0.15, 0.2) is 23.7 Å². The van der Waals surface area contributed by atoms with Crippen molar-refractivity contribution in [2.45, 2.75) is 70.2 Å². The first-order valence-corrected chi connectivity index (χ1v) is 12.6. The molecule has 0 bridgehead atoms. The Morgan fingerprint density at radius 3 is 1.92 bits per heavy atom. The van der Waals surface area contributed by atoms with E-state index in [1.165, 1.54) is 0 Å². The first-order valence-electron chi connectivity index (χ1n) is 12.6. The van der Waals surface area contributed by atoms with Gasteiger partial charge in [-0.25, -0.2) is 17.6 Å². The van der Waals surface area contributed by atoms with Crippen LogP contribution in [0.25, 0.3) is 11.1 Å². The normalized spacial score (nSPS) is 24.6. The number of hydrogen-bond acceptors (Lipinski definition) is 3. The lowest BCUT2D eigenvalue weighted by Crippen LogP contribution is -2.38. The molecular formula is C27H28F8O3. The van der Waals surface area contributed by atoms with E-state index in [4.69, 9.17) is 9.47 Å². The molecule has 0 radical (unpaired) electrons. The fraction of sp³-hybridized carbons (Fsp3) is 0.556. The molecule has 38 heavy (non-hydrogen) atoms. The molecule has 11 heteroatoms. The van der Waals surface area contributed by atoms with Crippen LogP contribution in [0.3, 0.4) is 0 Å². The van der Waals surface area contributed by atoms with Gasteiger partial charge in [0.1, 0.15) is 11.6 Å². The molecule has 0 N–H and O–H groups in total. The van der Waals surface area contributed by atoms with Crippen molar-refractivity contribution in [2.24, 2.45) is 11.8 Å². The van der Waals surface area contributed by atoms with Gasteiger partial charge in [0, 0.05) is 11.8 Å². The average molecular weight is 553 g/mol. The number of hydrogen-bond donors (Lipinski definition) is 0. The Bertz CT molecular complexity index is 1060. The zero-order chi connectivity index (χ0) is 27.6. The predicted octanol–water partition coefficient (Wildman–Crippen LogP) is 8.21. The van der Waals surface area contributed by atoms with Crippen LogP contribution in [0.15, 0.2) is 24.3 Å². The minimum atomic E-state index is -5.16. The van der Waals surface area contributed by atoms with E-state index in [-0.39, 0.29) is 18.1 Å². The lowest BCUT2D eigenvalue weighted by Gasteiger charge is -2.37. The van der Waals surface area contributed by atoms with E-state index in [0.29, 0.717) is 49.7 Å². The van der Waals surface area contributed by atoms with E-state index in [1.807, 2.05) is 0 Å². The van der Waals surface area contributed by atoms with E-state index in [2.05, 4.69) is 11.7 Å². The summed E-state index contributed by atoms with van der Waals surface area (Å²) in [6.07, 6.45) is -4.96. The highest BCUT2D eigenvalue weighted by Gasteiger charge is 2.45. The molecule has 210 valence electrons. The summed E-state index contributed by atoms with van der Waals surface area (Å²) in [5, 5.41) is 0. The summed E-state index contributed by atoms with van der Waals surface area (Å²) in [6.45, 7) is 3.41. The summed E-state index contributed by atoms with van der Waals surface area (Å²) in [4.78, 5) is 0. The zero-order valence-corrected chi connectivity index (χ0v) is 20.6. The van der Waals surface area contributed by atoms with Gasteiger partial charge in [-0.15, -0.1) is 0 Å². The fourth-order valence-corrected chi connectivity index (χ4v) is 5.22. The molecule has 2 aromatic carbocycles. The van der Waals surface area contributed by atoms with Crippen LogP contribution in [0.1, 0.15) is 56.9 Å². The van der Waals surface area contributed by atoms with Gasteiger partial charge in [-0.2, -0.15) is 17.6 Å². The van der Waals surface area contributed by atoms with E-state index in [9.17, 15) is 35.1 Å². The number of halogens is 8. The first-order chi connectivity index (χ1) is 18.0. The third-order valence-electron chi connectivity index (χ3n) is 7.16. The number of alkyl halides is 4. The van der Waals surface area contributed by atoms with E-state index in [1.54, 1.807) is 0 Å².